The molecule has 0 radical (unpaired) electrons. The van der Waals surface area contributed by atoms with Crippen molar-refractivity contribution >= 4 is 0 Å². The van der Waals surface area contributed by atoms with Crippen LogP contribution < -0.4 is 0 Å². The van der Waals surface area contributed by atoms with Gasteiger partial charge in [-0.15, -0.1) is 0 Å². The molecule has 2 nitrogen and oxygen atoms in total. The Balaban J connectivity index is 2.40. The van der Waals surface area contributed by atoms with Crippen molar-refractivity contribution in [2.45, 2.75) is 116 Å². The first kappa shape index (κ1) is 18.0. The Kier molecular flexibility index (Phi) is 7.00. The summed E-state index contributed by atoms with van der Waals surface area (Å²) in [5.74, 6) is 0. The van der Waals surface area contributed by atoms with E-state index in [2.05, 4.69) is 41.5 Å². The van der Waals surface area contributed by atoms with Crippen molar-refractivity contribution in [3.8, 4) is 0 Å². The fourth-order valence-corrected chi connectivity index (χ4v) is 2.91. The van der Waals surface area contributed by atoms with Gasteiger partial charge >= 0.3 is 0 Å². The van der Waals surface area contributed by atoms with E-state index in [0.29, 0.717) is 12.2 Å². The summed E-state index contributed by atoms with van der Waals surface area (Å²) in [5, 5.41) is 0. The number of hydrogen-bond donors (Lipinski definition) is 0. The highest BCUT2D eigenvalue weighted by atomic mass is 16.5. The van der Waals surface area contributed by atoms with Gasteiger partial charge in [0.05, 0.1) is 23.4 Å². The molecule has 20 heavy (non-hydrogen) atoms. The molecule has 0 bridgehead atoms. The van der Waals surface area contributed by atoms with E-state index in [-0.39, 0.29) is 11.2 Å². The summed E-state index contributed by atoms with van der Waals surface area (Å²) in [7, 11) is 0. The Morgan fingerprint density at radius 2 is 0.900 bits per heavy atom. The predicted octanol–water partition coefficient (Wildman–Crippen LogP) is 5.49. The minimum atomic E-state index is 0.0692. The van der Waals surface area contributed by atoms with Crippen LogP contribution in [0, 0.1) is 0 Å². The molecule has 1 rings (SSSR count). The van der Waals surface area contributed by atoms with Crippen molar-refractivity contribution in [2.24, 2.45) is 0 Å². The molecule has 0 amide bonds. The first-order valence-electron chi connectivity index (χ1n) is 8.76. The van der Waals surface area contributed by atoms with E-state index in [4.69, 9.17) is 9.47 Å². The average Bonchev–Trinajstić information content (AvgIpc) is 2.49. The molecule has 0 spiro atoms. The van der Waals surface area contributed by atoms with Gasteiger partial charge in [-0.1, -0.05) is 27.7 Å². The van der Waals surface area contributed by atoms with Gasteiger partial charge in [-0.05, 0) is 65.2 Å². The molecule has 0 atom stereocenters. The van der Waals surface area contributed by atoms with Crippen LogP contribution >= 0.6 is 0 Å². The highest BCUT2D eigenvalue weighted by Gasteiger charge is 2.32. The average molecular weight is 284 g/mol. The molecule has 0 N–H and O–H groups in total. The van der Waals surface area contributed by atoms with E-state index in [9.17, 15) is 0 Å². The highest BCUT2D eigenvalue weighted by Crippen LogP contribution is 2.32. The number of ether oxygens (including phenoxy) is 2. The number of hydrogen-bond acceptors (Lipinski definition) is 2. The second kappa shape index (κ2) is 7.79. The molecule has 0 saturated heterocycles. The molecule has 1 aliphatic rings. The quantitative estimate of drug-likeness (QED) is 0.587. The van der Waals surface area contributed by atoms with Crippen LogP contribution in [0.4, 0.5) is 0 Å². The van der Waals surface area contributed by atoms with Crippen LogP contribution in [0.1, 0.15) is 92.9 Å². The molecule has 120 valence electrons. The van der Waals surface area contributed by atoms with Crippen LogP contribution in [0.3, 0.4) is 0 Å². The second-order valence-electron chi connectivity index (χ2n) is 6.95. The van der Waals surface area contributed by atoms with E-state index < -0.39 is 0 Å². The van der Waals surface area contributed by atoms with Crippen LogP contribution in [-0.2, 0) is 9.47 Å². The fraction of sp³-hybridized carbons (Fsp3) is 1.00. The van der Waals surface area contributed by atoms with Crippen LogP contribution in [0.5, 0.6) is 0 Å². The third kappa shape index (κ3) is 5.04. The summed E-state index contributed by atoms with van der Waals surface area (Å²) < 4.78 is 12.7. The van der Waals surface area contributed by atoms with Gasteiger partial charge < -0.3 is 9.47 Å². The lowest BCUT2D eigenvalue weighted by Crippen LogP contribution is -2.39. The molecule has 0 aromatic carbocycles. The van der Waals surface area contributed by atoms with Crippen LogP contribution in [0.25, 0.3) is 0 Å². The minimum Gasteiger partial charge on any atom is -0.372 e. The molecular weight excluding hydrogens is 248 g/mol. The molecule has 0 aromatic rings. The SMILES string of the molecule is CCC(C)(CC)OC1CCC(OC(C)(CC)CC)CC1. The summed E-state index contributed by atoms with van der Waals surface area (Å²) in [6, 6.07) is 0. The van der Waals surface area contributed by atoms with E-state index >= 15 is 0 Å². The summed E-state index contributed by atoms with van der Waals surface area (Å²) in [5.41, 5.74) is 0.138. The third-order valence-electron chi connectivity index (χ3n) is 5.52. The predicted molar refractivity (Wildman–Crippen MR) is 86.2 cm³/mol. The highest BCUT2D eigenvalue weighted by molar-refractivity contribution is 4.81. The maximum Gasteiger partial charge on any atom is 0.0653 e. The van der Waals surface area contributed by atoms with Crippen molar-refractivity contribution < 1.29 is 9.47 Å². The van der Waals surface area contributed by atoms with Crippen LogP contribution in [-0.4, -0.2) is 23.4 Å². The smallest absolute Gasteiger partial charge is 0.0653 e. The molecule has 0 unspecified atom stereocenters. The zero-order chi connectivity index (χ0) is 15.2. The summed E-state index contributed by atoms with van der Waals surface area (Å²) in [6.45, 7) is 13.4. The normalized spacial score (nSPS) is 24.9. The Labute approximate surface area is 126 Å². The Morgan fingerprint density at radius 3 is 1.10 bits per heavy atom. The van der Waals surface area contributed by atoms with Gasteiger partial charge in [0.1, 0.15) is 0 Å². The third-order valence-corrected chi connectivity index (χ3v) is 5.52. The molecule has 1 fully saturated rings. The Hall–Kier alpha value is -0.0800. The van der Waals surface area contributed by atoms with Crippen molar-refractivity contribution in [2.75, 3.05) is 0 Å². The Bertz CT molecular complexity index is 231. The standard InChI is InChI=1S/C18H36O2/c1-7-17(5,8-2)19-15-11-13-16(14-12-15)20-18(6,9-3)10-4/h15-16H,7-14H2,1-6H3. The maximum absolute atomic E-state index is 6.35. The fourth-order valence-electron chi connectivity index (χ4n) is 2.91. The van der Waals surface area contributed by atoms with Crippen LogP contribution in [0.15, 0.2) is 0 Å². The van der Waals surface area contributed by atoms with Gasteiger partial charge in [-0.25, -0.2) is 0 Å². The maximum atomic E-state index is 6.35. The minimum absolute atomic E-state index is 0.0692. The molecule has 2 heteroatoms. The van der Waals surface area contributed by atoms with E-state index in [0.717, 1.165) is 51.4 Å². The molecule has 0 aliphatic heterocycles. The van der Waals surface area contributed by atoms with Crippen molar-refractivity contribution in [3.63, 3.8) is 0 Å². The van der Waals surface area contributed by atoms with Crippen molar-refractivity contribution in [1.29, 1.82) is 0 Å². The van der Waals surface area contributed by atoms with Gasteiger partial charge in [0.2, 0.25) is 0 Å². The topological polar surface area (TPSA) is 18.5 Å². The first-order valence-corrected chi connectivity index (χ1v) is 8.76. The molecule has 1 aliphatic carbocycles. The summed E-state index contributed by atoms with van der Waals surface area (Å²) in [4.78, 5) is 0. The van der Waals surface area contributed by atoms with E-state index in [1.807, 2.05) is 0 Å². The number of rotatable bonds is 8. The largest absolute Gasteiger partial charge is 0.372 e. The monoisotopic (exact) mass is 284 g/mol. The van der Waals surface area contributed by atoms with Gasteiger partial charge in [0, 0.05) is 0 Å². The lowest BCUT2D eigenvalue weighted by Gasteiger charge is -2.39. The van der Waals surface area contributed by atoms with Gasteiger partial charge in [-0.2, -0.15) is 0 Å². The van der Waals surface area contributed by atoms with Gasteiger partial charge in [0.25, 0.3) is 0 Å². The zero-order valence-corrected chi connectivity index (χ0v) is 14.6. The zero-order valence-electron chi connectivity index (χ0n) is 14.6. The lowest BCUT2D eigenvalue weighted by atomic mass is 9.91. The van der Waals surface area contributed by atoms with Crippen LogP contribution in [0.2, 0.25) is 0 Å². The van der Waals surface area contributed by atoms with E-state index in [1.54, 1.807) is 0 Å². The van der Waals surface area contributed by atoms with Gasteiger partial charge in [0.15, 0.2) is 0 Å². The molecule has 0 heterocycles. The molecular formula is C18H36O2. The first-order chi connectivity index (χ1) is 9.40. The van der Waals surface area contributed by atoms with Crippen molar-refractivity contribution in [1.82, 2.24) is 0 Å². The van der Waals surface area contributed by atoms with Crippen molar-refractivity contribution in [3.05, 3.63) is 0 Å². The second-order valence-corrected chi connectivity index (χ2v) is 6.95. The summed E-state index contributed by atoms with van der Waals surface area (Å²) >= 11 is 0. The van der Waals surface area contributed by atoms with E-state index in [1.165, 1.54) is 0 Å². The van der Waals surface area contributed by atoms with Gasteiger partial charge in [-0.3, -0.25) is 0 Å². The molecule has 1 saturated carbocycles. The lowest BCUT2D eigenvalue weighted by molar-refractivity contribution is -0.139. The molecule has 0 aromatic heterocycles. The Morgan fingerprint density at radius 1 is 0.650 bits per heavy atom. The summed E-state index contributed by atoms with van der Waals surface area (Å²) in [6.07, 6.45) is 9.91.